The lowest BCUT2D eigenvalue weighted by molar-refractivity contribution is 0.398. The molecule has 0 bridgehead atoms. The molecule has 0 radical (unpaired) electrons. The van der Waals surface area contributed by atoms with Crippen LogP contribution in [0.4, 0.5) is 17.5 Å². The summed E-state index contributed by atoms with van der Waals surface area (Å²) >= 11 is 5.95. The van der Waals surface area contributed by atoms with Crippen LogP contribution in [-0.4, -0.2) is 24.2 Å². The van der Waals surface area contributed by atoms with E-state index in [9.17, 15) is 0 Å². The first-order valence-corrected chi connectivity index (χ1v) is 5.79. The summed E-state index contributed by atoms with van der Waals surface area (Å²) in [4.78, 5) is 7.96. The summed E-state index contributed by atoms with van der Waals surface area (Å²) in [5, 5.41) is 3.61. The molecule has 0 saturated carbocycles. The van der Waals surface area contributed by atoms with Gasteiger partial charge in [-0.25, -0.2) is 0 Å². The minimum atomic E-state index is 0.128. The number of hydrogen-bond acceptors (Lipinski definition) is 6. The van der Waals surface area contributed by atoms with E-state index in [1.807, 2.05) is 0 Å². The molecule has 0 aliphatic heterocycles. The number of methoxy groups -OCH3 is 2. The summed E-state index contributed by atoms with van der Waals surface area (Å²) in [5.41, 5.74) is 6.35. The highest BCUT2D eigenvalue weighted by Crippen LogP contribution is 2.29. The van der Waals surface area contributed by atoms with E-state index < -0.39 is 0 Å². The highest BCUT2D eigenvalue weighted by atomic mass is 35.5. The van der Waals surface area contributed by atoms with Crippen LogP contribution in [0.1, 0.15) is 0 Å². The minimum Gasteiger partial charge on any atom is -0.495 e. The predicted octanol–water partition coefficient (Wildman–Crippen LogP) is 2.47. The lowest BCUT2D eigenvalue weighted by atomic mass is 10.3. The maximum Gasteiger partial charge on any atom is 0.225 e. The molecule has 19 heavy (non-hydrogen) atoms. The summed E-state index contributed by atoms with van der Waals surface area (Å²) in [6.45, 7) is 0. The molecule has 6 nitrogen and oxygen atoms in total. The Morgan fingerprint density at radius 3 is 2.63 bits per heavy atom. The van der Waals surface area contributed by atoms with Crippen molar-refractivity contribution in [2.24, 2.45) is 0 Å². The van der Waals surface area contributed by atoms with Gasteiger partial charge in [0.05, 0.1) is 19.2 Å². The molecule has 0 aliphatic rings. The molecule has 1 heterocycles. The van der Waals surface area contributed by atoms with Crippen LogP contribution in [0.2, 0.25) is 5.02 Å². The molecule has 2 aromatic rings. The summed E-state index contributed by atoms with van der Waals surface area (Å²) in [7, 11) is 3.06. The van der Waals surface area contributed by atoms with Crippen molar-refractivity contribution < 1.29 is 9.47 Å². The molecule has 100 valence electrons. The van der Waals surface area contributed by atoms with Crippen molar-refractivity contribution in [3.05, 3.63) is 29.3 Å². The Bertz CT molecular complexity index is 592. The van der Waals surface area contributed by atoms with Gasteiger partial charge in [0.1, 0.15) is 11.6 Å². The van der Waals surface area contributed by atoms with Crippen LogP contribution in [0, 0.1) is 0 Å². The second-order valence-corrected chi connectivity index (χ2v) is 4.04. The number of anilines is 3. The predicted molar refractivity (Wildman–Crippen MR) is 74.3 cm³/mol. The van der Waals surface area contributed by atoms with Crippen molar-refractivity contribution in [3.8, 4) is 11.6 Å². The van der Waals surface area contributed by atoms with E-state index in [4.69, 9.17) is 26.8 Å². The first-order chi connectivity index (χ1) is 9.12. The zero-order chi connectivity index (χ0) is 13.8. The van der Waals surface area contributed by atoms with Gasteiger partial charge in [0.25, 0.3) is 0 Å². The molecule has 0 atom stereocenters. The molecule has 7 heteroatoms. The Labute approximate surface area is 115 Å². The van der Waals surface area contributed by atoms with Gasteiger partial charge in [-0.1, -0.05) is 11.6 Å². The Balaban J connectivity index is 2.28. The molecular weight excluding hydrogens is 268 g/mol. The van der Waals surface area contributed by atoms with Crippen molar-refractivity contribution in [1.82, 2.24) is 9.97 Å². The molecule has 1 aromatic carbocycles. The molecular formula is C12H13ClN4O2. The lowest BCUT2D eigenvalue weighted by Crippen LogP contribution is -2.02. The largest absolute Gasteiger partial charge is 0.495 e. The van der Waals surface area contributed by atoms with Crippen LogP contribution in [0.25, 0.3) is 0 Å². The van der Waals surface area contributed by atoms with Gasteiger partial charge in [0.15, 0.2) is 0 Å². The quantitative estimate of drug-likeness (QED) is 0.895. The number of hydrogen-bond donors (Lipinski definition) is 2. The fourth-order valence-electron chi connectivity index (χ4n) is 1.50. The van der Waals surface area contributed by atoms with Crippen LogP contribution in [0.15, 0.2) is 24.3 Å². The Morgan fingerprint density at radius 2 is 1.95 bits per heavy atom. The van der Waals surface area contributed by atoms with Crippen molar-refractivity contribution in [1.29, 1.82) is 0 Å². The van der Waals surface area contributed by atoms with E-state index in [1.165, 1.54) is 7.11 Å². The van der Waals surface area contributed by atoms with Crippen molar-refractivity contribution in [2.75, 3.05) is 25.3 Å². The number of halogens is 1. The molecule has 0 saturated heterocycles. The van der Waals surface area contributed by atoms with Gasteiger partial charge in [0.2, 0.25) is 11.8 Å². The van der Waals surface area contributed by atoms with Crippen LogP contribution in [0.5, 0.6) is 11.6 Å². The van der Waals surface area contributed by atoms with Gasteiger partial charge in [-0.15, -0.1) is 0 Å². The second-order valence-electron chi connectivity index (χ2n) is 3.63. The third-order valence-electron chi connectivity index (χ3n) is 2.35. The molecule has 0 aliphatic carbocycles. The average Bonchev–Trinajstić information content (AvgIpc) is 2.40. The van der Waals surface area contributed by atoms with Crippen molar-refractivity contribution in [2.45, 2.75) is 0 Å². The van der Waals surface area contributed by atoms with Crippen LogP contribution >= 0.6 is 11.6 Å². The fraction of sp³-hybridized carbons (Fsp3) is 0.167. The third kappa shape index (κ3) is 3.17. The standard InChI is InChI=1S/C12H13ClN4O2/c1-18-9-5-7(3-4-8(9)13)15-10-6-11(19-2)17-12(14)16-10/h3-6H,1-2H3,(H3,14,15,16,17). The Morgan fingerprint density at radius 1 is 1.16 bits per heavy atom. The van der Waals surface area contributed by atoms with E-state index in [-0.39, 0.29) is 5.95 Å². The lowest BCUT2D eigenvalue weighted by Gasteiger charge is -2.09. The van der Waals surface area contributed by atoms with E-state index >= 15 is 0 Å². The van der Waals surface area contributed by atoms with Crippen LogP contribution in [-0.2, 0) is 0 Å². The number of nitrogen functional groups attached to an aromatic ring is 1. The van der Waals surface area contributed by atoms with Gasteiger partial charge in [-0.05, 0) is 12.1 Å². The molecule has 0 unspecified atom stereocenters. The summed E-state index contributed by atoms with van der Waals surface area (Å²) in [6, 6.07) is 6.92. The monoisotopic (exact) mass is 280 g/mol. The van der Waals surface area contributed by atoms with Gasteiger partial charge in [-0.2, -0.15) is 9.97 Å². The van der Waals surface area contributed by atoms with Crippen LogP contribution < -0.4 is 20.5 Å². The number of benzene rings is 1. The molecule has 0 spiro atoms. The maximum atomic E-state index is 5.95. The first kappa shape index (κ1) is 13.2. The van der Waals surface area contributed by atoms with Gasteiger partial charge in [0, 0.05) is 17.8 Å². The zero-order valence-electron chi connectivity index (χ0n) is 10.5. The van der Waals surface area contributed by atoms with E-state index in [0.29, 0.717) is 22.5 Å². The molecule has 3 N–H and O–H groups in total. The Kier molecular flexibility index (Phi) is 3.91. The van der Waals surface area contributed by atoms with Crippen LogP contribution in [0.3, 0.4) is 0 Å². The smallest absolute Gasteiger partial charge is 0.225 e. The minimum absolute atomic E-state index is 0.128. The second kappa shape index (κ2) is 5.62. The highest BCUT2D eigenvalue weighted by molar-refractivity contribution is 6.32. The van der Waals surface area contributed by atoms with Gasteiger partial charge in [-0.3, -0.25) is 0 Å². The highest BCUT2D eigenvalue weighted by Gasteiger charge is 2.05. The number of ether oxygens (including phenoxy) is 2. The summed E-state index contributed by atoms with van der Waals surface area (Å²) in [5.74, 6) is 1.60. The number of nitrogens with one attached hydrogen (secondary N) is 1. The Hall–Kier alpha value is -2.21. The van der Waals surface area contributed by atoms with E-state index in [2.05, 4.69) is 15.3 Å². The zero-order valence-corrected chi connectivity index (χ0v) is 11.2. The number of nitrogens with two attached hydrogens (primary N) is 1. The first-order valence-electron chi connectivity index (χ1n) is 5.41. The molecule has 2 rings (SSSR count). The van der Waals surface area contributed by atoms with E-state index in [1.54, 1.807) is 31.4 Å². The topological polar surface area (TPSA) is 82.3 Å². The van der Waals surface area contributed by atoms with E-state index in [0.717, 1.165) is 5.69 Å². The third-order valence-corrected chi connectivity index (χ3v) is 2.66. The number of nitrogens with zero attached hydrogens (tertiary/aromatic N) is 2. The summed E-state index contributed by atoms with van der Waals surface area (Å²) < 4.78 is 10.2. The van der Waals surface area contributed by atoms with Crippen molar-refractivity contribution in [3.63, 3.8) is 0 Å². The SMILES string of the molecule is COc1cc(Nc2ccc(Cl)c(OC)c2)nc(N)n1. The summed E-state index contributed by atoms with van der Waals surface area (Å²) in [6.07, 6.45) is 0. The molecule has 1 aromatic heterocycles. The number of aromatic nitrogens is 2. The molecule has 0 fully saturated rings. The average molecular weight is 281 g/mol. The van der Waals surface area contributed by atoms with Gasteiger partial charge >= 0.3 is 0 Å². The van der Waals surface area contributed by atoms with Gasteiger partial charge < -0.3 is 20.5 Å². The maximum absolute atomic E-state index is 5.95. The normalized spacial score (nSPS) is 10.1. The number of rotatable bonds is 4. The van der Waals surface area contributed by atoms with Crippen molar-refractivity contribution >= 4 is 29.1 Å². The molecule has 0 amide bonds. The fourth-order valence-corrected chi connectivity index (χ4v) is 1.69.